The van der Waals surface area contributed by atoms with Gasteiger partial charge in [-0.25, -0.2) is 4.98 Å². The van der Waals surface area contributed by atoms with Crippen molar-refractivity contribution in [3.05, 3.63) is 28.5 Å². The molecule has 0 aromatic carbocycles. The number of anilines is 1. The van der Waals surface area contributed by atoms with Crippen LogP contribution < -0.4 is 10.6 Å². The first kappa shape index (κ1) is 15.8. The molecule has 24 heavy (non-hydrogen) atoms. The summed E-state index contributed by atoms with van der Waals surface area (Å²) in [6.07, 6.45) is 7.18. The molecule has 0 saturated carbocycles. The molecule has 2 N–H and O–H groups in total. The van der Waals surface area contributed by atoms with Crippen LogP contribution in [-0.4, -0.2) is 33.8 Å². The van der Waals surface area contributed by atoms with Crippen molar-refractivity contribution in [1.82, 2.24) is 20.1 Å². The van der Waals surface area contributed by atoms with E-state index in [0.717, 1.165) is 36.0 Å². The fourth-order valence-electron chi connectivity index (χ4n) is 3.73. The van der Waals surface area contributed by atoms with Gasteiger partial charge in [-0.1, -0.05) is 6.92 Å². The van der Waals surface area contributed by atoms with Crippen LogP contribution in [0.5, 0.6) is 0 Å². The molecule has 2 aromatic heterocycles. The van der Waals surface area contributed by atoms with Crippen LogP contribution in [0.25, 0.3) is 0 Å². The highest BCUT2D eigenvalue weighted by Gasteiger charge is 2.35. The lowest BCUT2D eigenvalue weighted by molar-refractivity contribution is -0.119. The first-order chi connectivity index (χ1) is 11.6. The standard InChI is InChI=1S/C17H23N5OS/c1-10-3-4-14-15(5-10)24-17(20-14)21-16(23)13-8-18-7-12(13)11-6-19-22(2)9-11/h6,9-10,12-13,18H,3-5,7-8H2,1-2H3,(H,20,21,23)/t10?,12-,13+/m1/s1. The van der Waals surface area contributed by atoms with Crippen molar-refractivity contribution in [3.63, 3.8) is 0 Å². The smallest absolute Gasteiger partial charge is 0.231 e. The summed E-state index contributed by atoms with van der Waals surface area (Å²) in [5, 5.41) is 11.4. The molecule has 6 nitrogen and oxygen atoms in total. The number of carbonyl (C=O) groups is 1. The van der Waals surface area contributed by atoms with Gasteiger partial charge in [0, 0.05) is 37.1 Å². The maximum Gasteiger partial charge on any atom is 0.231 e. The maximum absolute atomic E-state index is 12.8. The van der Waals surface area contributed by atoms with E-state index in [0.29, 0.717) is 6.54 Å². The molecule has 7 heteroatoms. The lowest BCUT2D eigenvalue weighted by Crippen LogP contribution is -2.28. The molecule has 1 aliphatic carbocycles. The second-order valence-corrected chi connectivity index (χ2v) is 8.13. The van der Waals surface area contributed by atoms with Crippen LogP contribution in [-0.2, 0) is 24.7 Å². The zero-order valence-electron chi connectivity index (χ0n) is 14.1. The molecule has 1 saturated heterocycles. The van der Waals surface area contributed by atoms with Crippen molar-refractivity contribution in [3.8, 4) is 0 Å². The summed E-state index contributed by atoms with van der Waals surface area (Å²) in [7, 11) is 1.90. The van der Waals surface area contributed by atoms with Crippen molar-refractivity contribution >= 4 is 22.4 Å². The number of carbonyl (C=O) groups excluding carboxylic acids is 1. The third-order valence-corrected chi connectivity index (χ3v) is 6.16. The Morgan fingerprint density at radius 1 is 1.46 bits per heavy atom. The lowest BCUT2D eigenvalue weighted by atomic mass is 9.90. The van der Waals surface area contributed by atoms with Gasteiger partial charge < -0.3 is 10.6 Å². The molecule has 1 amide bonds. The number of nitrogens with one attached hydrogen (secondary N) is 2. The molecule has 0 radical (unpaired) electrons. The molecule has 3 atom stereocenters. The van der Waals surface area contributed by atoms with Crippen molar-refractivity contribution < 1.29 is 4.79 Å². The Kier molecular flexibility index (Phi) is 4.14. The van der Waals surface area contributed by atoms with E-state index in [2.05, 4.69) is 27.6 Å². The molecular formula is C17H23N5OS. The molecule has 1 aliphatic heterocycles. The number of thiazole rings is 1. The summed E-state index contributed by atoms with van der Waals surface area (Å²) in [5.41, 5.74) is 2.30. The van der Waals surface area contributed by atoms with Crippen LogP contribution >= 0.6 is 11.3 Å². The number of amides is 1. The van der Waals surface area contributed by atoms with E-state index in [4.69, 9.17) is 0 Å². The fraction of sp³-hybridized carbons (Fsp3) is 0.588. The Bertz CT molecular complexity index is 752. The molecule has 4 rings (SSSR count). The van der Waals surface area contributed by atoms with Crippen LogP contribution in [0.3, 0.4) is 0 Å². The summed E-state index contributed by atoms with van der Waals surface area (Å²) in [5.74, 6) is 0.880. The average Bonchev–Trinajstić information content (AvgIpc) is 3.24. The van der Waals surface area contributed by atoms with Gasteiger partial charge in [-0.2, -0.15) is 5.10 Å². The lowest BCUT2D eigenvalue weighted by Gasteiger charge is -2.15. The van der Waals surface area contributed by atoms with Crippen LogP contribution in [0, 0.1) is 11.8 Å². The van der Waals surface area contributed by atoms with Gasteiger partial charge in [-0.05, 0) is 30.7 Å². The monoisotopic (exact) mass is 345 g/mol. The minimum atomic E-state index is -0.0750. The van der Waals surface area contributed by atoms with E-state index in [-0.39, 0.29) is 17.7 Å². The second kappa shape index (κ2) is 6.29. The highest BCUT2D eigenvalue weighted by molar-refractivity contribution is 7.15. The largest absolute Gasteiger partial charge is 0.315 e. The second-order valence-electron chi connectivity index (χ2n) is 7.04. The van der Waals surface area contributed by atoms with E-state index < -0.39 is 0 Å². The van der Waals surface area contributed by atoms with Crippen LogP contribution in [0.1, 0.15) is 35.4 Å². The van der Waals surface area contributed by atoms with Gasteiger partial charge in [0.05, 0.1) is 17.8 Å². The molecule has 1 unspecified atom stereocenters. The van der Waals surface area contributed by atoms with Gasteiger partial charge in [-0.3, -0.25) is 9.48 Å². The van der Waals surface area contributed by atoms with E-state index >= 15 is 0 Å². The molecule has 0 bridgehead atoms. The molecule has 2 aromatic rings. The topological polar surface area (TPSA) is 71.8 Å². The van der Waals surface area contributed by atoms with E-state index in [9.17, 15) is 4.79 Å². The summed E-state index contributed by atoms with van der Waals surface area (Å²) in [6, 6.07) is 0. The normalized spacial score (nSPS) is 26.3. The molecule has 3 heterocycles. The third kappa shape index (κ3) is 2.98. The Morgan fingerprint density at radius 2 is 2.33 bits per heavy atom. The predicted molar refractivity (Wildman–Crippen MR) is 94.2 cm³/mol. The zero-order valence-corrected chi connectivity index (χ0v) is 14.9. The highest BCUT2D eigenvalue weighted by Crippen LogP contribution is 2.33. The van der Waals surface area contributed by atoms with Gasteiger partial charge in [0.15, 0.2) is 5.13 Å². The molecule has 0 spiro atoms. The number of hydrogen-bond donors (Lipinski definition) is 2. The molecule has 2 aliphatic rings. The quantitative estimate of drug-likeness (QED) is 0.892. The van der Waals surface area contributed by atoms with Crippen molar-refractivity contribution in [2.75, 3.05) is 18.4 Å². The average molecular weight is 345 g/mol. The minimum Gasteiger partial charge on any atom is -0.315 e. The first-order valence-electron chi connectivity index (χ1n) is 8.59. The molecular weight excluding hydrogens is 322 g/mol. The van der Waals surface area contributed by atoms with Crippen molar-refractivity contribution in [2.45, 2.75) is 32.1 Å². The van der Waals surface area contributed by atoms with Gasteiger partial charge in [0.25, 0.3) is 0 Å². The highest BCUT2D eigenvalue weighted by atomic mass is 32.1. The Hall–Kier alpha value is -1.73. The fourth-order valence-corrected chi connectivity index (χ4v) is 4.90. The van der Waals surface area contributed by atoms with Crippen LogP contribution in [0.15, 0.2) is 12.4 Å². The maximum atomic E-state index is 12.8. The van der Waals surface area contributed by atoms with Gasteiger partial charge in [0.2, 0.25) is 5.91 Å². The Labute approximate surface area is 145 Å². The molecule has 128 valence electrons. The number of nitrogens with zero attached hydrogens (tertiary/aromatic N) is 3. The summed E-state index contributed by atoms with van der Waals surface area (Å²) in [4.78, 5) is 18.8. The minimum absolute atomic E-state index is 0.0630. The van der Waals surface area contributed by atoms with E-state index in [1.54, 1.807) is 16.0 Å². The SMILES string of the molecule is CC1CCc2nc(NC(=O)[C@H]3CNC[C@@H]3c3cnn(C)c3)sc2C1. The number of rotatable bonds is 3. The molecule has 1 fully saturated rings. The van der Waals surface area contributed by atoms with Crippen LogP contribution in [0.4, 0.5) is 5.13 Å². The van der Waals surface area contributed by atoms with E-state index in [1.807, 2.05) is 19.4 Å². The summed E-state index contributed by atoms with van der Waals surface area (Å²) >= 11 is 1.65. The number of hydrogen-bond acceptors (Lipinski definition) is 5. The zero-order chi connectivity index (χ0) is 16.7. The van der Waals surface area contributed by atoms with E-state index in [1.165, 1.54) is 17.0 Å². The van der Waals surface area contributed by atoms with Gasteiger partial charge in [0.1, 0.15) is 0 Å². The van der Waals surface area contributed by atoms with Crippen molar-refractivity contribution in [1.29, 1.82) is 0 Å². The predicted octanol–water partition coefficient (Wildman–Crippen LogP) is 1.94. The Morgan fingerprint density at radius 3 is 3.12 bits per heavy atom. The number of aryl methyl sites for hydroxylation is 2. The summed E-state index contributed by atoms with van der Waals surface area (Å²) in [6.45, 7) is 3.80. The van der Waals surface area contributed by atoms with Gasteiger partial charge in [-0.15, -0.1) is 11.3 Å². The number of aromatic nitrogens is 3. The first-order valence-corrected chi connectivity index (χ1v) is 9.40. The van der Waals surface area contributed by atoms with Gasteiger partial charge >= 0.3 is 0 Å². The number of fused-ring (bicyclic) bond motifs is 1. The Balaban J connectivity index is 1.48. The third-order valence-electron chi connectivity index (χ3n) is 5.12. The summed E-state index contributed by atoms with van der Waals surface area (Å²) < 4.78 is 1.79. The van der Waals surface area contributed by atoms with Crippen molar-refractivity contribution in [2.24, 2.45) is 18.9 Å². The van der Waals surface area contributed by atoms with Crippen LogP contribution in [0.2, 0.25) is 0 Å².